The molecule has 86 valence electrons. The van der Waals surface area contributed by atoms with E-state index < -0.39 is 0 Å². The van der Waals surface area contributed by atoms with Crippen molar-refractivity contribution in [3.8, 4) is 0 Å². The normalized spacial score (nSPS) is 9.76. The second-order valence-corrected chi connectivity index (χ2v) is 4.75. The van der Waals surface area contributed by atoms with Crippen LogP contribution in [-0.2, 0) is 0 Å². The summed E-state index contributed by atoms with van der Waals surface area (Å²) in [7, 11) is 0. The van der Waals surface area contributed by atoms with Crippen molar-refractivity contribution < 1.29 is 0 Å². The van der Waals surface area contributed by atoms with Crippen molar-refractivity contribution >= 4 is 22.2 Å². The van der Waals surface area contributed by atoms with Crippen LogP contribution in [0, 0.1) is 13.8 Å². The standard InChI is InChI=1S/C9H7N.C5H7NS/c1-2-6-9-8(4-1)5-3-7-10-9;1-4-5(2)7-3-6-4/h1-7H;3H,1-2H3. The summed E-state index contributed by atoms with van der Waals surface area (Å²) in [6.07, 6.45) is 1.81. The first kappa shape index (κ1) is 11.7. The third-order valence-corrected chi connectivity index (χ3v) is 3.36. The molecule has 0 saturated heterocycles. The van der Waals surface area contributed by atoms with Gasteiger partial charge < -0.3 is 0 Å². The third-order valence-electron chi connectivity index (χ3n) is 2.50. The Kier molecular flexibility index (Phi) is 3.83. The summed E-state index contributed by atoms with van der Waals surface area (Å²) in [6.45, 7) is 4.10. The molecule has 0 spiro atoms. The second-order valence-electron chi connectivity index (χ2n) is 3.69. The number of nitrogens with zero attached hydrogens (tertiary/aromatic N) is 2. The van der Waals surface area contributed by atoms with Crippen molar-refractivity contribution in [2.45, 2.75) is 13.8 Å². The van der Waals surface area contributed by atoms with Crippen LogP contribution in [0.25, 0.3) is 10.9 Å². The van der Waals surface area contributed by atoms with Crippen LogP contribution in [0.2, 0.25) is 0 Å². The van der Waals surface area contributed by atoms with E-state index in [9.17, 15) is 0 Å². The summed E-state index contributed by atoms with van der Waals surface area (Å²) >= 11 is 1.69. The van der Waals surface area contributed by atoms with Gasteiger partial charge in [0.1, 0.15) is 0 Å². The van der Waals surface area contributed by atoms with Gasteiger partial charge in [-0.05, 0) is 26.0 Å². The number of thiazole rings is 1. The second kappa shape index (κ2) is 5.55. The van der Waals surface area contributed by atoms with Crippen LogP contribution in [0.3, 0.4) is 0 Å². The lowest BCUT2D eigenvalue weighted by Crippen LogP contribution is -1.73. The molecule has 3 heteroatoms. The summed E-state index contributed by atoms with van der Waals surface area (Å²) in [4.78, 5) is 9.54. The molecule has 0 unspecified atom stereocenters. The van der Waals surface area contributed by atoms with Gasteiger partial charge in [-0.3, -0.25) is 4.98 Å². The number of rotatable bonds is 0. The Bertz CT molecular complexity index is 520. The van der Waals surface area contributed by atoms with Crippen LogP contribution >= 0.6 is 11.3 Å². The zero-order valence-electron chi connectivity index (χ0n) is 9.92. The molecule has 0 bridgehead atoms. The molecule has 2 nitrogen and oxygen atoms in total. The minimum atomic E-state index is 1.06. The predicted octanol–water partition coefficient (Wildman–Crippen LogP) is 3.99. The molecule has 3 rings (SSSR count). The fourth-order valence-corrected chi connectivity index (χ4v) is 1.97. The molecule has 2 aromatic heterocycles. The van der Waals surface area contributed by atoms with E-state index in [1.807, 2.05) is 42.9 Å². The van der Waals surface area contributed by atoms with Gasteiger partial charge in [0.25, 0.3) is 0 Å². The molecule has 0 aliphatic heterocycles. The number of aryl methyl sites for hydroxylation is 2. The van der Waals surface area contributed by atoms with Gasteiger partial charge in [0, 0.05) is 16.5 Å². The van der Waals surface area contributed by atoms with E-state index in [2.05, 4.69) is 29.0 Å². The maximum Gasteiger partial charge on any atom is 0.0797 e. The molecule has 0 N–H and O–H groups in total. The molecule has 0 atom stereocenters. The van der Waals surface area contributed by atoms with Gasteiger partial charge in [-0.25, -0.2) is 4.98 Å². The average molecular weight is 242 g/mol. The molecule has 1 aromatic carbocycles. The first-order valence-corrected chi connectivity index (χ1v) is 6.32. The van der Waals surface area contributed by atoms with Crippen molar-refractivity contribution in [1.82, 2.24) is 9.97 Å². The van der Waals surface area contributed by atoms with Crippen LogP contribution in [0.1, 0.15) is 10.6 Å². The average Bonchev–Trinajstić information content (AvgIpc) is 2.75. The van der Waals surface area contributed by atoms with Crippen LogP contribution in [-0.4, -0.2) is 9.97 Å². The fourth-order valence-electron chi connectivity index (χ4n) is 1.38. The Morgan fingerprint density at radius 3 is 2.29 bits per heavy atom. The highest BCUT2D eigenvalue weighted by Gasteiger charge is 1.89. The van der Waals surface area contributed by atoms with E-state index in [-0.39, 0.29) is 0 Å². The smallest absolute Gasteiger partial charge is 0.0797 e. The zero-order valence-corrected chi connectivity index (χ0v) is 10.7. The lowest BCUT2D eigenvalue weighted by atomic mass is 10.2. The SMILES string of the molecule is Cc1ncsc1C.c1ccc2ncccc2c1. The Morgan fingerprint density at radius 1 is 0.941 bits per heavy atom. The lowest BCUT2D eigenvalue weighted by molar-refractivity contribution is 1.23. The molecule has 0 radical (unpaired) electrons. The molecular formula is C14H14N2S. The van der Waals surface area contributed by atoms with Crippen molar-refractivity contribution in [3.05, 3.63) is 58.7 Å². The van der Waals surface area contributed by atoms with Crippen LogP contribution in [0.5, 0.6) is 0 Å². The van der Waals surface area contributed by atoms with Gasteiger partial charge in [-0.2, -0.15) is 0 Å². The van der Waals surface area contributed by atoms with Gasteiger partial charge in [-0.1, -0.05) is 24.3 Å². The van der Waals surface area contributed by atoms with Crippen molar-refractivity contribution in [2.24, 2.45) is 0 Å². The van der Waals surface area contributed by atoms with Crippen LogP contribution < -0.4 is 0 Å². The maximum atomic E-state index is 4.18. The molecule has 0 amide bonds. The van der Waals surface area contributed by atoms with Crippen LogP contribution in [0.15, 0.2) is 48.1 Å². The topological polar surface area (TPSA) is 25.8 Å². The molecule has 2 heterocycles. The first-order chi connectivity index (χ1) is 8.27. The highest BCUT2D eigenvalue weighted by atomic mass is 32.1. The van der Waals surface area contributed by atoms with E-state index in [0.717, 1.165) is 11.2 Å². The summed E-state index contributed by atoms with van der Waals surface area (Å²) in [5.74, 6) is 0. The van der Waals surface area contributed by atoms with E-state index in [1.54, 1.807) is 11.3 Å². The van der Waals surface area contributed by atoms with Crippen molar-refractivity contribution in [1.29, 1.82) is 0 Å². The number of hydrogen-bond acceptors (Lipinski definition) is 3. The van der Waals surface area contributed by atoms with E-state index in [0.29, 0.717) is 0 Å². The molecule has 3 aromatic rings. The monoisotopic (exact) mass is 242 g/mol. The fraction of sp³-hybridized carbons (Fsp3) is 0.143. The van der Waals surface area contributed by atoms with E-state index in [1.165, 1.54) is 10.3 Å². The van der Waals surface area contributed by atoms with E-state index in [4.69, 9.17) is 0 Å². The zero-order chi connectivity index (χ0) is 12.1. The minimum Gasteiger partial charge on any atom is -0.256 e. The summed E-state index contributed by atoms with van der Waals surface area (Å²) in [6, 6.07) is 12.1. The Morgan fingerprint density at radius 2 is 1.71 bits per heavy atom. The Labute approximate surface area is 105 Å². The molecular weight excluding hydrogens is 228 g/mol. The molecule has 0 saturated carbocycles. The predicted molar refractivity (Wildman–Crippen MR) is 73.3 cm³/mol. The first-order valence-electron chi connectivity index (χ1n) is 5.44. The lowest BCUT2D eigenvalue weighted by Gasteiger charge is -1.91. The third kappa shape index (κ3) is 3.11. The maximum absolute atomic E-state index is 4.18. The van der Waals surface area contributed by atoms with Gasteiger partial charge in [0.05, 0.1) is 16.7 Å². The number of aromatic nitrogens is 2. The summed E-state index contributed by atoms with van der Waals surface area (Å²) in [5.41, 5.74) is 4.08. The number of pyridine rings is 1. The minimum absolute atomic E-state index is 1.06. The molecule has 0 aliphatic carbocycles. The van der Waals surface area contributed by atoms with Crippen molar-refractivity contribution in [3.63, 3.8) is 0 Å². The van der Waals surface area contributed by atoms with Gasteiger partial charge in [0.15, 0.2) is 0 Å². The summed E-state index contributed by atoms with van der Waals surface area (Å²) in [5, 5.41) is 1.20. The molecule has 17 heavy (non-hydrogen) atoms. The Hall–Kier alpha value is -1.74. The van der Waals surface area contributed by atoms with Gasteiger partial charge >= 0.3 is 0 Å². The highest BCUT2D eigenvalue weighted by Crippen LogP contribution is 2.08. The number of hydrogen-bond donors (Lipinski definition) is 0. The number of para-hydroxylation sites is 1. The highest BCUT2D eigenvalue weighted by molar-refractivity contribution is 7.09. The molecule has 0 aliphatic rings. The van der Waals surface area contributed by atoms with Crippen molar-refractivity contribution in [2.75, 3.05) is 0 Å². The summed E-state index contributed by atoms with van der Waals surface area (Å²) < 4.78 is 0. The van der Waals surface area contributed by atoms with Crippen LogP contribution in [0.4, 0.5) is 0 Å². The largest absolute Gasteiger partial charge is 0.256 e. The quantitative estimate of drug-likeness (QED) is 0.595. The van der Waals surface area contributed by atoms with Gasteiger partial charge in [0.2, 0.25) is 0 Å². The molecule has 0 fully saturated rings. The van der Waals surface area contributed by atoms with E-state index >= 15 is 0 Å². The number of benzene rings is 1. The van der Waals surface area contributed by atoms with Gasteiger partial charge in [-0.15, -0.1) is 11.3 Å². The Balaban J connectivity index is 0.000000136. The number of fused-ring (bicyclic) bond motifs is 1.